The lowest BCUT2D eigenvalue weighted by atomic mass is 9.91. The zero-order chi connectivity index (χ0) is 21.3. The Hall–Kier alpha value is -3.99. The van der Waals surface area contributed by atoms with E-state index in [2.05, 4.69) is 5.32 Å². The minimum absolute atomic E-state index is 0.148. The summed E-state index contributed by atoms with van der Waals surface area (Å²) in [6, 6.07) is 21.7. The highest BCUT2D eigenvalue weighted by Gasteiger charge is 2.35. The second kappa shape index (κ2) is 7.79. The highest BCUT2D eigenvalue weighted by molar-refractivity contribution is 6.43. The zero-order valence-electron chi connectivity index (χ0n) is 16.7. The molecule has 0 saturated carbocycles. The normalized spacial score (nSPS) is 14.6. The molecule has 0 aliphatic carbocycles. The molecule has 30 heavy (non-hydrogen) atoms. The molecule has 4 rings (SSSR count). The fraction of sp³-hybridized carbons (Fsp3) is 0.0800. The first-order valence-electron chi connectivity index (χ1n) is 9.58. The Balaban J connectivity index is 1.81. The zero-order valence-corrected chi connectivity index (χ0v) is 16.7. The summed E-state index contributed by atoms with van der Waals surface area (Å²) in [6.07, 6.45) is 1.77. The third kappa shape index (κ3) is 3.65. The number of hydrogen-bond donors (Lipinski definition) is 1. The molecule has 148 valence electrons. The van der Waals surface area contributed by atoms with Crippen molar-refractivity contribution in [2.45, 2.75) is 13.8 Å². The van der Waals surface area contributed by atoms with Crippen molar-refractivity contribution >= 4 is 40.7 Å². The lowest BCUT2D eigenvalue weighted by Gasteiger charge is -2.29. The van der Waals surface area contributed by atoms with Crippen molar-refractivity contribution in [1.82, 2.24) is 0 Å². The van der Waals surface area contributed by atoms with E-state index < -0.39 is 0 Å². The number of rotatable bonds is 3. The molecular weight excluding hydrogens is 376 g/mol. The van der Waals surface area contributed by atoms with Crippen molar-refractivity contribution in [1.29, 1.82) is 0 Å². The summed E-state index contributed by atoms with van der Waals surface area (Å²) >= 11 is 0. The van der Waals surface area contributed by atoms with Crippen LogP contribution in [0.2, 0.25) is 0 Å². The molecule has 3 amide bonds. The summed E-state index contributed by atoms with van der Waals surface area (Å²) in [5.41, 5.74) is 4.52. The quantitative estimate of drug-likeness (QED) is 0.516. The third-order valence-electron chi connectivity index (χ3n) is 4.89. The SMILES string of the molecule is CC(=O)Nc1ccc(C=C2C(=O)N(c3cccc(C)c3)C(=O)c3ccccc32)cc1. The van der Waals surface area contributed by atoms with Crippen LogP contribution < -0.4 is 10.2 Å². The fourth-order valence-corrected chi connectivity index (χ4v) is 3.53. The van der Waals surface area contributed by atoms with Crippen molar-refractivity contribution in [2.24, 2.45) is 0 Å². The maximum atomic E-state index is 13.4. The molecule has 0 fully saturated rings. The number of hydrogen-bond acceptors (Lipinski definition) is 3. The standard InChI is InChI=1S/C25H20N2O3/c1-16-6-5-7-20(14-16)27-24(29)22-9-4-3-8-21(22)23(25(27)30)15-18-10-12-19(13-11-18)26-17(2)28/h3-15H,1-2H3,(H,26,28). The van der Waals surface area contributed by atoms with Gasteiger partial charge in [0.05, 0.1) is 5.69 Å². The van der Waals surface area contributed by atoms with Crippen LogP contribution in [0.3, 0.4) is 0 Å². The van der Waals surface area contributed by atoms with Gasteiger partial charge in [0.25, 0.3) is 11.8 Å². The van der Waals surface area contributed by atoms with Crippen LogP contribution in [0.15, 0.2) is 72.8 Å². The second-order valence-electron chi connectivity index (χ2n) is 7.19. The smallest absolute Gasteiger partial charge is 0.265 e. The van der Waals surface area contributed by atoms with E-state index in [0.717, 1.165) is 11.1 Å². The van der Waals surface area contributed by atoms with E-state index in [1.54, 1.807) is 42.5 Å². The molecule has 0 atom stereocenters. The molecular formula is C25H20N2O3. The summed E-state index contributed by atoms with van der Waals surface area (Å²) in [4.78, 5) is 39.0. The molecule has 5 nitrogen and oxygen atoms in total. The van der Waals surface area contributed by atoms with Crippen molar-refractivity contribution in [3.8, 4) is 0 Å². The van der Waals surface area contributed by atoms with Crippen molar-refractivity contribution < 1.29 is 14.4 Å². The molecule has 0 spiro atoms. The molecule has 0 saturated heterocycles. The van der Waals surface area contributed by atoms with Gasteiger partial charge in [-0.2, -0.15) is 0 Å². The third-order valence-corrected chi connectivity index (χ3v) is 4.89. The van der Waals surface area contributed by atoms with E-state index in [-0.39, 0.29) is 17.7 Å². The Kier molecular flexibility index (Phi) is 5.02. The molecule has 3 aromatic rings. The van der Waals surface area contributed by atoms with Crippen LogP contribution in [0.1, 0.15) is 34.0 Å². The Labute approximate surface area is 174 Å². The minimum Gasteiger partial charge on any atom is -0.326 e. The molecule has 1 aliphatic heterocycles. The fourth-order valence-electron chi connectivity index (χ4n) is 3.53. The summed E-state index contributed by atoms with van der Waals surface area (Å²) < 4.78 is 0. The van der Waals surface area contributed by atoms with Gasteiger partial charge in [0.15, 0.2) is 0 Å². The maximum absolute atomic E-state index is 13.4. The van der Waals surface area contributed by atoms with Crippen LogP contribution in [0.5, 0.6) is 0 Å². The first kappa shape index (κ1) is 19.3. The highest BCUT2D eigenvalue weighted by Crippen LogP contribution is 2.33. The van der Waals surface area contributed by atoms with Crippen LogP contribution in [0.4, 0.5) is 11.4 Å². The summed E-state index contributed by atoms with van der Waals surface area (Å²) in [5, 5.41) is 2.72. The second-order valence-corrected chi connectivity index (χ2v) is 7.19. The van der Waals surface area contributed by atoms with Gasteiger partial charge in [0.2, 0.25) is 5.91 Å². The Morgan fingerprint density at radius 2 is 1.57 bits per heavy atom. The van der Waals surface area contributed by atoms with Crippen molar-refractivity contribution in [3.05, 3.63) is 95.1 Å². The lowest BCUT2D eigenvalue weighted by Crippen LogP contribution is -2.41. The summed E-state index contributed by atoms with van der Waals surface area (Å²) in [6.45, 7) is 3.37. The molecule has 1 aliphatic rings. The van der Waals surface area contributed by atoms with Gasteiger partial charge >= 0.3 is 0 Å². The van der Waals surface area contributed by atoms with E-state index in [9.17, 15) is 14.4 Å². The molecule has 1 N–H and O–H groups in total. The number of fused-ring (bicyclic) bond motifs is 1. The number of aryl methyl sites for hydroxylation is 1. The van der Waals surface area contributed by atoms with Crippen LogP contribution in [0, 0.1) is 6.92 Å². The van der Waals surface area contributed by atoms with Gasteiger partial charge in [0, 0.05) is 23.7 Å². The topological polar surface area (TPSA) is 66.5 Å². The van der Waals surface area contributed by atoms with E-state index in [0.29, 0.717) is 28.1 Å². The number of carbonyl (C=O) groups excluding carboxylic acids is 3. The molecule has 0 radical (unpaired) electrons. The van der Waals surface area contributed by atoms with Crippen LogP contribution in [0.25, 0.3) is 11.6 Å². The number of nitrogens with zero attached hydrogens (tertiary/aromatic N) is 1. The van der Waals surface area contributed by atoms with E-state index in [1.165, 1.54) is 11.8 Å². The average molecular weight is 396 g/mol. The first-order chi connectivity index (χ1) is 14.4. The molecule has 0 unspecified atom stereocenters. The van der Waals surface area contributed by atoms with E-state index in [1.807, 2.05) is 43.3 Å². The lowest BCUT2D eigenvalue weighted by molar-refractivity contribution is -0.114. The number of benzene rings is 3. The highest BCUT2D eigenvalue weighted by atomic mass is 16.2. The largest absolute Gasteiger partial charge is 0.326 e. The number of nitrogens with one attached hydrogen (secondary N) is 1. The van der Waals surface area contributed by atoms with Crippen molar-refractivity contribution in [2.75, 3.05) is 10.2 Å². The van der Waals surface area contributed by atoms with Gasteiger partial charge in [0.1, 0.15) is 0 Å². The number of anilines is 2. The summed E-state index contributed by atoms with van der Waals surface area (Å²) in [7, 11) is 0. The average Bonchev–Trinajstić information content (AvgIpc) is 2.72. The monoisotopic (exact) mass is 396 g/mol. The number of amides is 3. The van der Waals surface area contributed by atoms with Gasteiger partial charge in [-0.3, -0.25) is 14.4 Å². The number of imide groups is 1. The maximum Gasteiger partial charge on any atom is 0.265 e. The van der Waals surface area contributed by atoms with Gasteiger partial charge in [-0.15, -0.1) is 0 Å². The summed E-state index contributed by atoms with van der Waals surface area (Å²) in [5.74, 6) is -0.848. The van der Waals surface area contributed by atoms with E-state index >= 15 is 0 Å². The molecule has 5 heteroatoms. The van der Waals surface area contributed by atoms with Crippen LogP contribution in [-0.4, -0.2) is 17.7 Å². The molecule has 0 bridgehead atoms. The van der Waals surface area contributed by atoms with Crippen LogP contribution in [-0.2, 0) is 9.59 Å². The van der Waals surface area contributed by atoms with Gasteiger partial charge in [-0.25, -0.2) is 4.90 Å². The molecule has 1 heterocycles. The van der Waals surface area contributed by atoms with Gasteiger partial charge in [-0.05, 0) is 60.0 Å². The predicted octanol–water partition coefficient (Wildman–Crippen LogP) is 4.68. The predicted molar refractivity (Wildman–Crippen MR) is 118 cm³/mol. The molecule has 0 aromatic heterocycles. The molecule has 3 aromatic carbocycles. The first-order valence-corrected chi connectivity index (χ1v) is 9.58. The Bertz CT molecular complexity index is 1190. The Morgan fingerprint density at radius 1 is 0.867 bits per heavy atom. The van der Waals surface area contributed by atoms with Gasteiger partial charge in [-0.1, -0.05) is 42.5 Å². The van der Waals surface area contributed by atoms with Gasteiger partial charge < -0.3 is 5.32 Å². The van der Waals surface area contributed by atoms with E-state index in [4.69, 9.17) is 0 Å². The van der Waals surface area contributed by atoms with Crippen LogP contribution >= 0.6 is 0 Å². The Morgan fingerprint density at radius 3 is 2.23 bits per heavy atom. The van der Waals surface area contributed by atoms with Crippen molar-refractivity contribution in [3.63, 3.8) is 0 Å². The minimum atomic E-state index is -0.366. The number of carbonyl (C=O) groups is 3.